The SMILES string of the molecule is COc1ccc(C(O)c2ccc(C)o2)c(F)c1. The molecule has 4 heteroatoms. The molecule has 3 nitrogen and oxygen atoms in total. The summed E-state index contributed by atoms with van der Waals surface area (Å²) in [5.74, 6) is 0.888. The average Bonchev–Trinajstić information content (AvgIpc) is 2.75. The van der Waals surface area contributed by atoms with Crippen molar-refractivity contribution in [2.24, 2.45) is 0 Å². The van der Waals surface area contributed by atoms with Crippen molar-refractivity contribution in [3.05, 3.63) is 53.2 Å². The molecule has 0 saturated heterocycles. The largest absolute Gasteiger partial charge is 0.497 e. The lowest BCUT2D eigenvalue weighted by Gasteiger charge is -2.10. The van der Waals surface area contributed by atoms with E-state index in [-0.39, 0.29) is 5.56 Å². The molecule has 0 spiro atoms. The van der Waals surface area contributed by atoms with Gasteiger partial charge in [0.25, 0.3) is 0 Å². The first-order valence-electron chi connectivity index (χ1n) is 5.19. The zero-order valence-corrected chi connectivity index (χ0v) is 9.61. The topological polar surface area (TPSA) is 42.6 Å². The smallest absolute Gasteiger partial charge is 0.139 e. The Morgan fingerprint density at radius 1 is 1.29 bits per heavy atom. The first-order valence-corrected chi connectivity index (χ1v) is 5.19. The molecule has 1 unspecified atom stereocenters. The quantitative estimate of drug-likeness (QED) is 0.891. The van der Waals surface area contributed by atoms with Gasteiger partial charge in [-0.15, -0.1) is 0 Å². The highest BCUT2D eigenvalue weighted by Crippen LogP contribution is 2.27. The van der Waals surface area contributed by atoms with Gasteiger partial charge in [-0.25, -0.2) is 4.39 Å². The third kappa shape index (κ3) is 2.31. The maximum Gasteiger partial charge on any atom is 0.139 e. The minimum atomic E-state index is -1.10. The van der Waals surface area contributed by atoms with Crippen molar-refractivity contribution in [1.82, 2.24) is 0 Å². The number of hydrogen-bond donors (Lipinski definition) is 1. The number of methoxy groups -OCH3 is 1. The van der Waals surface area contributed by atoms with E-state index in [0.717, 1.165) is 0 Å². The van der Waals surface area contributed by atoms with Gasteiger partial charge in [-0.05, 0) is 31.2 Å². The fraction of sp³-hybridized carbons (Fsp3) is 0.231. The van der Waals surface area contributed by atoms with Crippen LogP contribution in [0.1, 0.15) is 23.2 Å². The monoisotopic (exact) mass is 236 g/mol. The molecule has 1 heterocycles. The Morgan fingerprint density at radius 2 is 2.06 bits per heavy atom. The molecule has 0 aliphatic carbocycles. The van der Waals surface area contributed by atoms with E-state index in [1.54, 1.807) is 25.1 Å². The number of ether oxygens (including phenoxy) is 1. The Hall–Kier alpha value is -1.81. The molecule has 2 rings (SSSR count). The van der Waals surface area contributed by atoms with E-state index < -0.39 is 11.9 Å². The summed E-state index contributed by atoms with van der Waals surface area (Å²) in [6.45, 7) is 1.76. The van der Waals surface area contributed by atoms with E-state index in [1.165, 1.54) is 19.2 Å². The molecule has 0 radical (unpaired) electrons. The Morgan fingerprint density at radius 3 is 2.59 bits per heavy atom. The summed E-state index contributed by atoms with van der Waals surface area (Å²) in [6, 6.07) is 7.66. The lowest BCUT2D eigenvalue weighted by atomic mass is 10.1. The van der Waals surface area contributed by atoms with Gasteiger partial charge in [0.05, 0.1) is 7.11 Å². The van der Waals surface area contributed by atoms with E-state index in [1.807, 2.05) is 0 Å². The number of aliphatic hydroxyl groups excluding tert-OH is 1. The molecule has 1 atom stereocenters. The van der Waals surface area contributed by atoms with Gasteiger partial charge >= 0.3 is 0 Å². The third-order valence-electron chi connectivity index (χ3n) is 2.53. The molecule has 0 bridgehead atoms. The van der Waals surface area contributed by atoms with Crippen molar-refractivity contribution in [1.29, 1.82) is 0 Å². The molecule has 90 valence electrons. The maximum absolute atomic E-state index is 13.7. The van der Waals surface area contributed by atoms with Crippen molar-refractivity contribution in [3.8, 4) is 5.75 Å². The van der Waals surface area contributed by atoms with Gasteiger partial charge in [-0.1, -0.05) is 0 Å². The summed E-state index contributed by atoms with van der Waals surface area (Å²) in [5, 5.41) is 9.98. The normalized spacial score (nSPS) is 12.5. The van der Waals surface area contributed by atoms with Gasteiger partial charge in [0.2, 0.25) is 0 Å². The van der Waals surface area contributed by atoms with E-state index in [4.69, 9.17) is 9.15 Å². The van der Waals surface area contributed by atoms with Gasteiger partial charge < -0.3 is 14.3 Å². The minimum absolute atomic E-state index is 0.167. The second kappa shape index (κ2) is 4.59. The van der Waals surface area contributed by atoms with Crippen LogP contribution >= 0.6 is 0 Å². The van der Waals surface area contributed by atoms with Crippen LogP contribution in [-0.2, 0) is 0 Å². The first kappa shape index (κ1) is 11.7. The molecular weight excluding hydrogens is 223 g/mol. The van der Waals surface area contributed by atoms with E-state index in [9.17, 15) is 9.50 Å². The first-order chi connectivity index (χ1) is 8.11. The molecule has 17 heavy (non-hydrogen) atoms. The molecule has 0 amide bonds. The van der Waals surface area contributed by atoms with Crippen molar-refractivity contribution >= 4 is 0 Å². The van der Waals surface area contributed by atoms with Crippen LogP contribution in [0.5, 0.6) is 5.75 Å². The number of hydrogen-bond acceptors (Lipinski definition) is 3. The van der Waals surface area contributed by atoms with Crippen LogP contribution < -0.4 is 4.74 Å². The number of rotatable bonds is 3. The Bertz CT molecular complexity index is 519. The Kier molecular flexibility index (Phi) is 3.15. The molecular formula is C13H13FO3. The molecule has 1 aromatic heterocycles. The number of furan rings is 1. The summed E-state index contributed by atoms with van der Waals surface area (Å²) in [5.41, 5.74) is 0.167. The number of aryl methyl sites for hydroxylation is 1. The van der Waals surface area contributed by atoms with Gasteiger partial charge in [-0.3, -0.25) is 0 Å². The average molecular weight is 236 g/mol. The van der Waals surface area contributed by atoms with Crippen molar-refractivity contribution < 1.29 is 18.7 Å². The van der Waals surface area contributed by atoms with Crippen LogP contribution in [0.2, 0.25) is 0 Å². The number of aliphatic hydroxyl groups is 1. The summed E-state index contributed by atoms with van der Waals surface area (Å²) >= 11 is 0. The molecule has 0 fully saturated rings. The maximum atomic E-state index is 13.7. The molecule has 0 saturated carbocycles. The fourth-order valence-corrected chi connectivity index (χ4v) is 1.61. The predicted octanol–water partition coefficient (Wildman–Crippen LogP) is 2.82. The minimum Gasteiger partial charge on any atom is -0.497 e. The predicted molar refractivity (Wildman–Crippen MR) is 60.5 cm³/mol. The number of halogens is 1. The highest BCUT2D eigenvalue weighted by molar-refractivity contribution is 5.33. The summed E-state index contributed by atoms with van der Waals surface area (Å²) < 4.78 is 23.9. The molecule has 2 aromatic rings. The Balaban J connectivity index is 2.34. The van der Waals surface area contributed by atoms with Gasteiger partial charge in [0, 0.05) is 11.6 Å². The fourth-order valence-electron chi connectivity index (χ4n) is 1.61. The van der Waals surface area contributed by atoms with Crippen LogP contribution in [-0.4, -0.2) is 12.2 Å². The third-order valence-corrected chi connectivity index (χ3v) is 2.53. The van der Waals surface area contributed by atoms with E-state index in [0.29, 0.717) is 17.3 Å². The van der Waals surface area contributed by atoms with E-state index in [2.05, 4.69) is 0 Å². The summed E-state index contributed by atoms with van der Waals surface area (Å²) in [4.78, 5) is 0. The van der Waals surface area contributed by atoms with Gasteiger partial charge in [0.15, 0.2) is 0 Å². The Labute approximate surface area is 98.5 Å². The van der Waals surface area contributed by atoms with Gasteiger partial charge in [-0.2, -0.15) is 0 Å². The molecule has 1 aromatic carbocycles. The van der Waals surface area contributed by atoms with Crippen LogP contribution in [0.3, 0.4) is 0 Å². The molecule has 0 aliphatic heterocycles. The van der Waals surface area contributed by atoms with Crippen molar-refractivity contribution in [3.63, 3.8) is 0 Å². The standard InChI is InChI=1S/C13H13FO3/c1-8-3-6-12(17-8)13(15)10-5-4-9(16-2)7-11(10)14/h3-7,13,15H,1-2H3. The van der Waals surface area contributed by atoms with E-state index >= 15 is 0 Å². The summed E-state index contributed by atoms with van der Waals surface area (Å²) in [7, 11) is 1.46. The lowest BCUT2D eigenvalue weighted by molar-refractivity contribution is 0.183. The zero-order valence-electron chi connectivity index (χ0n) is 9.61. The second-order valence-electron chi connectivity index (χ2n) is 3.74. The number of benzene rings is 1. The van der Waals surface area contributed by atoms with Gasteiger partial charge in [0.1, 0.15) is 29.2 Å². The van der Waals surface area contributed by atoms with Crippen molar-refractivity contribution in [2.75, 3.05) is 7.11 Å². The highest BCUT2D eigenvalue weighted by Gasteiger charge is 2.18. The zero-order chi connectivity index (χ0) is 12.4. The summed E-state index contributed by atoms with van der Waals surface area (Å²) in [6.07, 6.45) is -1.10. The van der Waals surface area contributed by atoms with Crippen LogP contribution in [0, 0.1) is 12.7 Å². The molecule has 1 N–H and O–H groups in total. The lowest BCUT2D eigenvalue weighted by Crippen LogP contribution is -2.01. The van der Waals surface area contributed by atoms with Crippen molar-refractivity contribution in [2.45, 2.75) is 13.0 Å². The second-order valence-corrected chi connectivity index (χ2v) is 3.74. The van der Waals surface area contributed by atoms with Crippen LogP contribution in [0.4, 0.5) is 4.39 Å². The molecule has 0 aliphatic rings. The van der Waals surface area contributed by atoms with Crippen LogP contribution in [0.15, 0.2) is 34.7 Å². The highest BCUT2D eigenvalue weighted by atomic mass is 19.1. The van der Waals surface area contributed by atoms with Crippen LogP contribution in [0.25, 0.3) is 0 Å².